The minimum atomic E-state index is -0.663. The summed E-state index contributed by atoms with van der Waals surface area (Å²) in [4.78, 5) is 104. The number of carbonyl (C=O) groups is 8. The van der Waals surface area contributed by atoms with Crippen molar-refractivity contribution in [2.45, 2.75) is 168 Å². The molecule has 71 heavy (non-hydrogen) atoms. The fraction of sp³-hybridized carbons (Fsp3) is 0.673. The molecule has 0 unspecified atom stereocenters. The van der Waals surface area contributed by atoms with Crippen LogP contribution in [0.3, 0.4) is 0 Å². The van der Waals surface area contributed by atoms with Gasteiger partial charge in [0.2, 0.25) is 23.6 Å². The van der Waals surface area contributed by atoms with E-state index in [0.29, 0.717) is 57.9 Å². The zero-order chi connectivity index (χ0) is 52.9. The lowest BCUT2D eigenvalue weighted by atomic mass is 9.99. The van der Waals surface area contributed by atoms with Gasteiger partial charge in [0.25, 0.3) is 0 Å². The molecule has 0 fully saturated rings. The molecule has 0 spiro atoms. The first-order valence-corrected chi connectivity index (χ1v) is 25.2. The first-order valence-electron chi connectivity index (χ1n) is 25.2. The van der Waals surface area contributed by atoms with Gasteiger partial charge < -0.3 is 74.9 Å². The van der Waals surface area contributed by atoms with Crippen LogP contribution in [0.15, 0.2) is 30.5 Å². The van der Waals surface area contributed by atoms with E-state index in [0.717, 1.165) is 16.5 Å². The number of benzene rings is 1. The topological polar surface area (TPSA) is 337 Å². The fourth-order valence-electron chi connectivity index (χ4n) is 8.04. The van der Waals surface area contributed by atoms with Crippen LogP contribution in [-0.2, 0) is 25.6 Å². The number of nitrogens with two attached hydrogens (primary N) is 2. The molecular formula is C49H86N14O8. The molecule has 7 atom stereocenters. The van der Waals surface area contributed by atoms with Crippen molar-refractivity contribution < 1.29 is 38.4 Å². The highest BCUT2D eigenvalue weighted by molar-refractivity contribution is 5.84. The number of aromatic nitrogens is 1. The van der Waals surface area contributed by atoms with Crippen molar-refractivity contribution in [2.24, 2.45) is 23.3 Å². The zero-order valence-corrected chi connectivity index (χ0v) is 43.3. The Morgan fingerprint density at radius 3 is 1.59 bits per heavy atom. The molecule has 0 aliphatic heterocycles. The molecule has 1 aromatic carbocycles. The van der Waals surface area contributed by atoms with Crippen LogP contribution in [0.1, 0.15) is 125 Å². The highest BCUT2D eigenvalue weighted by atomic mass is 16.2. The number of fused-ring (bicyclic) bond motifs is 1. The lowest BCUT2D eigenvalue weighted by Crippen LogP contribution is -2.50. The van der Waals surface area contributed by atoms with E-state index < -0.39 is 30.2 Å². The van der Waals surface area contributed by atoms with E-state index in [-0.39, 0.29) is 117 Å². The average Bonchev–Trinajstić information content (AvgIpc) is 3.69. The number of urea groups is 4. The lowest BCUT2D eigenvalue weighted by molar-refractivity contribution is -0.122. The van der Waals surface area contributed by atoms with Gasteiger partial charge >= 0.3 is 24.1 Å². The molecule has 0 aliphatic carbocycles. The molecule has 16 N–H and O–H groups in total. The number of rotatable bonds is 33. The third kappa shape index (κ3) is 28.2. The van der Waals surface area contributed by atoms with E-state index in [1.165, 1.54) is 6.92 Å². The third-order valence-corrected chi connectivity index (χ3v) is 11.5. The summed E-state index contributed by atoms with van der Waals surface area (Å²) in [5.74, 6) is -0.344. The maximum atomic E-state index is 13.5. The molecule has 0 saturated heterocycles. The molecule has 400 valence electrons. The quantitative estimate of drug-likeness (QED) is 0.0499. The Hall–Kier alpha value is -6.32. The molecule has 2 rings (SSSR count). The summed E-state index contributed by atoms with van der Waals surface area (Å²) >= 11 is 0. The van der Waals surface area contributed by atoms with Gasteiger partial charge in [0, 0.05) is 106 Å². The maximum absolute atomic E-state index is 13.5. The minimum absolute atomic E-state index is 0.103. The highest BCUT2D eigenvalue weighted by Crippen LogP contribution is 2.19. The van der Waals surface area contributed by atoms with Crippen LogP contribution in [0.5, 0.6) is 0 Å². The summed E-state index contributed by atoms with van der Waals surface area (Å²) < 4.78 is 0. The van der Waals surface area contributed by atoms with Gasteiger partial charge in [0.05, 0.1) is 6.04 Å². The number of H-pyrrole nitrogens is 1. The fourth-order valence-corrected chi connectivity index (χ4v) is 8.04. The minimum Gasteiger partial charge on any atom is -0.361 e. The maximum Gasteiger partial charge on any atom is 0.315 e. The molecule has 2 aromatic rings. The SMILES string of the molecule is CC(=O)N[C@@H](C)CNC(=O)N[C@H](CCC(=O)N[C@H](CNC(=O)N[C@@H](C)CCC(=O)N[C@@H](CCCN)CNC(=O)N[C@@H](C)CCC(=O)N[C@H](CNC(N)=O)CC(C)C)Cc1c[nH]c2ccccc12)CC(C)C. The largest absolute Gasteiger partial charge is 0.361 e. The van der Waals surface area contributed by atoms with E-state index >= 15 is 0 Å². The van der Waals surface area contributed by atoms with E-state index in [1.54, 1.807) is 20.8 Å². The molecule has 1 heterocycles. The summed E-state index contributed by atoms with van der Waals surface area (Å²) in [7, 11) is 0. The number of carbonyl (C=O) groups excluding carboxylic acids is 8. The number of primary amides is 1. The summed E-state index contributed by atoms with van der Waals surface area (Å²) in [6.45, 7) is 16.0. The van der Waals surface area contributed by atoms with Crippen LogP contribution in [0.4, 0.5) is 19.2 Å². The Balaban J connectivity index is 1.90. The Labute approximate surface area is 419 Å². The number of hydrogen-bond donors (Lipinski definition) is 14. The predicted molar refractivity (Wildman–Crippen MR) is 276 cm³/mol. The number of aromatic amines is 1. The second kappa shape index (κ2) is 33.3. The third-order valence-electron chi connectivity index (χ3n) is 11.5. The molecule has 22 nitrogen and oxygen atoms in total. The van der Waals surface area contributed by atoms with Gasteiger partial charge in [-0.15, -0.1) is 0 Å². The number of para-hydroxylation sites is 1. The van der Waals surface area contributed by atoms with Gasteiger partial charge in [-0.25, -0.2) is 19.2 Å². The summed E-state index contributed by atoms with van der Waals surface area (Å²) in [6.07, 6.45) is 6.26. The van der Waals surface area contributed by atoms with E-state index in [1.807, 2.05) is 58.2 Å². The van der Waals surface area contributed by atoms with Crippen LogP contribution in [0, 0.1) is 11.8 Å². The lowest BCUT2D eigenvalue weighted by Gasteiger charge is -2.23. The van der Waals surface area contributed by atoms with Crippen molar-refractivity contribution in [3.63, 3.8) is 0 Å². The Morgan fingerprint density at radius 2 is 1.03 bits per heavy atom. The number of hydrogen-bond acceptors (Lipinski definition) is 9. The van der Waals surface area contributed by atoms with Gasteiger partial charge in [-0.2, -0.15) is 0 Å². The van der Waals surface area contributed by atoms with Crippen LogP contribution in [-0.4, -0.2) is 128 Å². The average molecular weight is 999 g/mol. The van der Waals surface area contributed by atoms with Crippen molar-refractivity contribution in [1.29, 1.82) is 0 Å². The first kappa shape index (κ1) is 60.8. The van der Waals surface area contributed by atoms with Crippen molar-refractivity contribution >= 4 is 58.7 Å². The van der Waals surface area contributed by atoms with Crippen molar-refractivity contribution in [2.75, 3.05) is 32.7 Å². The van der Waals surface area contributed by atoms with Gasteiger partial charge in [0.1, 0.15) is 0 Å². The Kier molecular flexibility index (Phi) is 28.5. The standard InChI is InChI=1S/C49H86N14O8/c1-30(2)22-37(63-49(71)54-25-34(7)57-35(8)64)17-20-45(67)62-40(24-36-26-52-42-14-10-9-13-41(36)42)29-56-48(70)59-32(5)15-18-43(65)60-38(12-11-21-50)27-55-47(69)58-33(6)16-19-44(66)61-39(23-31(3)4)28-53-46(51)68/h9-10,13-14,26,30-34,37-40,52H,11-12,15-25,27-29,50H2,1-8H3,(H,57,64)(H,60,65)(H,61,66)(H,62,67)(H3,51,53,68)(H2,54,63,71)(H2,55,58,69)(H2,56,59,70)/t32-,33-,34-,37+,38-,39-,40-/m0/s1. The van der Waals surface area contributed by atoms with Crippen molar-refractivity contribution in [3.05, 3.63) is 36.0 Å². The van der Waals surface area contributed by atoms with E-state index in [2.05, 4.69) is 63.5 Å². The second-order valence-corrected chi connectivity index (χ2v) is 19.6. The highest BCUT2D eigenvalue weighted by Gasteiger charge is 2.22. The molecule has 0 radical (unpaired) electrons. The molecule has 0 aliphatic rings. The Morgan fingerprint density at radius 1 is 0.535 bits per heavy atom. The van der Waals surface area contributed by atoms with Gasteiger partial charge in [-0.3, -0.25) is 19.2 Å². The molecular weight excluding hydrogens is 913 g/mol. The number of amides is 12. The normalized spacial score (nSPS) is 14.1. The summed E-state index contributed by atoms with van der Waals surface area (Å²) in [5.41, 5.74) is 12.9. The van der Waals surface area contributed by atoms with Gasteiger partial charge in [-0.1, -0.05) is 45.9 Å². The molecule has 22 heteroatoms. The van der Waals surface area contributed by atoms with Crippen LogP contribution >= 0.6 is 0 Å². The second-order valence-electron chi connectivity index (χ2n) is 19.6. The molecule has 1 aromatic heterocycles. The van der Waals surface area contributed by atoms with Crippen molar-refractivity contribution in [1.82, 2.24) is 63.5 Å². The van der Waals surface area contributed by atoms with Crippen LogP contribution in [0.25, 0.3) is 10.9 Å². The Bertz CT molecular complexity index is 1980. The summed E-state index contributed by atoms with van der Waals surface area (Å²) in [6, 6.07) is 3.48. The molecule has 0 bridgehead atoms. The molecule has 12 amide bonds. The predicted octanol–water partition coefficient (Wildman–Crippen LogP) is 2.57. The zero-order valence-electron chi connectivity index (χ0n) is 43.3. The van der Waals surface area contributed by atoms with Crippen molar-refractivity contribution in [3.8, 4) is 0 Å². The first-order chi connectivity index (χ1) is 33.6. The molecule has 0 saturated carbocycles. The van der Waals surface area contributed by atoms with Crippen LogP contribution < -0.4 is 70.0 Å². The smallest absolute Gasteiger partial charge is 0.315 e. The van der Waals surface area contributed by atoms with Crippen LogP contribution in [0.2, 0.25) is 0 Å². The monoisotopic (exact) mass is 999 g/mol. The van der Waals surface area contributed by atoms with E-state index in [9.17, 15) is 38.4 Å². The van der Waals surface area contributed by atoms with Gasteiger partial charge in [0.15, 0.2) is 0 Å². The number of nitrogens with one attached hydrogen (secondary N) is 12. The summed E-state index contributed by atoms with van der Waals surface area (Å²) in [5, 5.41) is 32.4. The van der Waals surface area contributed by atoms with E-state index in [4.69, 9.17) is 11.5 Å². The van der Waals surface area contributed by atoms with Gasteiger partial charge in [-0.05, 0) is 102 Å².